The van der Waals surface area contributed by atoms with Crippen LogP contribution in [0.1, 0.15) is 62.8 Å². The van der Waals surface area contributed by atoms with Crippen LogP contribution in [0.2, 0.25) is 0 Å². The van der Waals surface area contributed by atoms with Gasteiger partial charge in [-0.05, 0) is 66.0 Å². The summed E-state index contributed by atoms with van der Waals surface area (Å²) in [6, 6.07) is 7.23. The van der Waals surface area contributed by atoms with Crippen molar-refractivity contribution in [1.29, 1.82) is 0 Å². The van der Waals surface area contributed by atoms with E-state index in [1.54, 1.807) is 0 Å². The number of fused-ring (bicyclic) bond motifs is 1. The van der Waals surface area contributed by atoms with E-state index in [0.717, 1.165) is 32.0 Å². The van der Waals surface area contributed by atoms with Crippen LogP contribution in [0.4, 0.5) is 14.5 Å². The Morgan fingerprint density at radius 1 is 1.08 bits per heavy atom. The molecule has 4 N–H and O–H groups in total. The second-order valence-corrected chi connectivity index (χ2v) is 10.5. The number of nitrogens with two attached hydrogens (primary N) is 1. The van der Waals surface area contributed by atoms with Gasteiger partial charge in [-0.3, -0.25) is 4.79 Å². The summed E-state index contributed by atoms with van der Waals surface area (Å²) in [6.45, 7) is 11.4. The average Bonchev–Trinajstić information content (AvgIpc) is 3.18. The van der Waals surface area contributed by atoms with Crippen LogP contribution in [0, 0.1) is 17.6 Å². The Bertz CT molecular complexity index is 1010. The molecule has 0 spiro atoms. The number of halogens is 2. The largest absolute Gasteiger partial charge is 0.371 e. The minimum absolute atomic E-state index is 0.224. The Morgan fingerprint density at radius 2 is 1.78 bits per heavy atom. The molecule has 0 unspecified atom stereocenters. The highest BCUT2D eigenvalue weighted by molar-refractivity contribution is 5.73. The second-order valence-electron chi connectivity index (χ2n) is 10.5. The van der Waals surface area contributed by atoms with Gasteiger partial charge in [-0.15, -0.1) is 0 Å². The van der Waals surface area contributed by atoms with Crippen molar-refractivity contribution in [3.8, 4) is 0 Å². The molecule has 0 aromatic heterocycles. The summed E-state index contributed by atoms with van der Waals surface area (Å²) >= 11 is 0. The van der Waals surface area contributed by atoms with Crippen LogP contribution in [0.5, 0.6) is 0 Å². The first-order valence-corrected chi connectivity index (χ1v) is 13.2. The second kappa shape index (κ2) is 13.2. The van der Waals surface area contributed by atoms with Crippen LogP contribution in [0.15, 0.2) is 30.3 Å². The Balaban J connectivity index is 1.72. The molecule has 0 fully saturated rings. The monoisotopic (exact) mass is 500 g/mol. The van der Waals surface area contributed by atoms with E-state index >= 15 is 0 Å². The van der Waals surface area contributed by atoms with Gasteiger partial charge >= 0.3 is 0 Å². The minimum atomic E-state index is -0.638. The van der Waals surface area contributed by atoms with Crippen molar-refractivity contribution in [1.82, 2.24) is 10.6 Å². The lowest BCUT2D eigenvalue weighted by atomic mass is 9.96. The highest BCUT2D eigenvalue weighted by Crippen LogP contribution is 2.34. The summed E-state index contributed by atoms with van der Waals surface area (Å²) in [5.41, 5.74) is 12.4. The van der Waals surface area contributed by atoms with Crippen LogP contribution in [-0.2, 0) is 30.6 Å². The lowest BCUT2D eigenvalue weighted by Gasteiger charge is -2.26. The number of hydrogen-bond acceptors (Lipinski definition) is 4. The molecule has 0 bridgehead atoms. The van der Waals surface area contributed by atoms with Gasteiger partial charge < -0.3 is 21.3 Å². The Labute approximate surface area is 214 Å². The smallest absolute Gasteiger partial charge is 0.217 e. The molecule has 2 aromatic rings. The summed E-state index contributed by atoms with van der Waals surface area (Å²) in [7, 11) is 0. The van der Waals surface area contributed by atoms with E-state index in [9.17, 15) is 13.6 Å². The van der Waals surface area contributed by atoms with Gasteiger partial charge in [-0.1, -0.05) is 39.3 Å². The van der Waals surface area contributed by atoms with Crippen LogP contribution < -0.4 is 21.3 Å². The van der Waals surface area contributed by atoms with Crippen LogP contribution in [0.3, 0.4) is 0 Å². The summed E-state index contributed by atoms with van der Waals surface area (Å²) in [4.78, 5) is 14.3. The fraction of sp³-hybridized carbons (Fsp3) is 0.552. The number of anilines is 1. The predicted octanol–water partition coefficient (Wildman–Crippen LogP) is 4.49. The standard InChI is InChI=1S/C29H42F2N4O/c1-5-6-8-35-9-7-23-11-21(10-19(2)3)12-24(29(23)35)17-33-18-27(32)28(34-20(4)36)15-22-13-25(30)16-26(31)14-22/h11-14,16,19,27-28,33H,5-10,15,17-18,32H2,1-4H3,(H,34,36)/t27-,28+/m1/s1. The highest BCUT2D eigenvalue weighted by atomic mass is 19.1. The molecule has 36 heavy (non-hydrogen) atoms. The van der Waals surface area contributed by atoms with E-state index in [1.165, 1.54) is 54.3 Å². The van der Waals surface area contributed by atoms with Crippen molar-refractivity contribution in [2.75, 3.05) is 24.5 Å². The van der Waals surface area contributed by atoms with E-state index in [-0.39, 0.29) is 12.3 Å². The third kappa shape index (κ3) is 8.00. The van der Waals surface area contributed by atoms with E-state index in [1.807, 2.05) is 0 Å². The van der Waals surface area contributed by atoms with E-state index in [0.29, 0.717) is 24.6 Å². The Hall–Kier alpha value is -2.51. The van der Waals surface area contributed by atoms with Gasteiger partial charge in [-0.2, -0.15) is 0 Å². The van der Waals surface area contributed by atoms with Crippen LogP contribution >= 0.6 is 0 Å². The zero-order valence-corrected chi connectivity index (χ0v) is 22.2. The molecule has 1 heterocycles. The third-order valence-corrected chi connectivity index (χ3v) is 6.70. The number of nitrogens with one attached hydrogen (secondary N) is 2. The normalized spacial score (nSPS) is 14.7. The molecule has 0 radical (unpaired) electrons. The molecule has 5 nitrogen and oxygen atoms in total. The van der Waals surface area contributed by atoms with Gasteiger partial charge in [0.2, 0.25) is 5.91 Å². The SMILES string of the molecule is CCCCN1CCc2cc(CC(C)C)cc(CNC[C@@H](N)[C@H](Cc3cc(F)cc(F)c3)NC(C)=O)c21. The zero-order chi connectivity index (χ0) is 26.2. The summed E-state index contributed by atoms with van der Waals surface area (Å²) in [6.07, 6.45) is 4.71. The lowest BCUT2D eigenvalue weighted by Crippen LogP contribution is -2.52. The summed E-state index contributed by atoms with van der Waals surface area (Å²) < 4.78 is 27.4. The predicted molar refractivity (Wildman–Crippen MR) is 143 cm³/mol. The van der Waals surface area contributed by atoms with Crippen molar-refractivity contribution >= 4 is 11.6 Å². The van der Waals surface area contributed by atoms with Gasteiger partial charge in [0.15, 0.2) is 0 Å². The number of hydrogen-bond donors (Lipinski definition) is 3. The quantitative estimate of drug-likeness (QED) is 0.379. The molecule has 1 amide bonds. The number of unbranched alkanes of at least 4 members (excludes halogenated alkanes) is 1. The van der Waals surface area contributed by atoms with Crippen molar-refractivity contribution in [3.05, 3.63) is 64.2 Å². The van der Waals surface area contributed by atoms with Crippen LogP contribution in [0.25, 0.3) is 0 Å². The molecule has 1 aliphatic heterocycles. The van der Waals surface area contributed by atoms with Gasteiger partial charge in [0.25, 0.3) is 0 Å². The van der Waals surface area contributed by atoms with E-state index in [4.69, 9.17) is 5.73 Å². The maximum Gasteiger partial charge on any atom is 0.217 e. The van der Waals surface area contributed by atoms with E-state index in [2.05, 4.69) is 48.4 Å². The highest BCUT2D eigenvalue weighted by Gasteiger charge is 2.24. The number of benzene rings is 2. The summed E-state index contributed by atoms with van der Waals surface area (Å²) in [5.74, 6) is -0.916. The molecule has 0 saturated heterocycles. The molecule has 7 heteroatoms. The molecule has 2 aromatic carbocycles. The van der Waals surface area contributed by atoms with E-state index < -0.39 is 23.7 Å². The molecule has 0 saturated carbocycles. The van der Waals surface area contributed by atoms with Gasteiger partial charge in [-0.25, -0.2) is 8.78 Å². The molecule has 1 aliphatic rings. The molecule has 3 rings (SSSR count). The van der Waals surface area contributed by atoms with Crippen molar-refractivity contribution in [3.63, 3.8) is 0 Å². The Kier molecular flexibility index (Phi) is 10.3. The molecular formula is C29H42F2N4O. The fourth-order valence-electron chi connectivity index (χ4n) is 5.16. The number of amides is 1. The third-order valence-electron chi connectivity index (χ3n) is 6.70. The number of nitrogens with zero attached hydrogens (tertiary/aromatic N) is 1. The molecular weight excluding hydrogens is 458 g/mol. The first-order chi connectivity index (χ1) is 17.2. The van der Waals surface area contributed by atoms with Crippen molar-refractivity contribution in [2.45, 2.75) is 78.4 Å². The maximum absolute atomic E-state index is 13.7. The van der Waals surface area contributed by atoms with Crippen molar-refractivity contribution < 1.29 is 13.6 Å². The minimum Gasteiger partial charge on any atom is -0.371 e. The Morgan fingerprint density at radius 3 is 2.42 bits per heavy atom. The van der Waals surface area contributed by atoms with Gasteiger partial charge in [0.1, 0.15) is 11.6 Å². The maximum atomic E-state index is 13.7. The topological polar surface area (TPSA) is 70.4 Å². The van der Waals surface area contributed by atoms with Gasteiger partial charge in [0, 0.05) is 56.9 Å². The first-order valence-electron chi connectivity index (χ1n) is 13.2. The molecule has 198 valence electrons. The van der Waals surface area contributed by atoms with Crippen molar-refractivity contribution in [2.24, 2.45) is 11.7 Å². The zero-order valence-electron chi connectivity index (χ0n) is 22.2. The molecule has 2 atom stereocenters. The number of carbonyl (C=O) groups is 1. The lowest BCUT2D eigenvalue weighted by molar-refractivity contribution is -0.119. The summed E-state index contributed by atoms with van der Waals surface area (Å²) in [5, 5.41) is 6.36. The molecule has 0 aliphatic carbocycles. The number of carbonyl (C=O) groups excluding carboxylic acids is 1. The first kappa shape index (κ1) is 28.1. The average molecular weight is 501 g/mol. The van der Waals surface area contributed by atoms with Gasteiger partial charge in [0.05, 0.1) is 0 Å². The van der Waals surface area contributed by atoms with Crippen LogP contribution in [-0.4, -0.2) is 37.6 Å². The number of rotatable bonds is 13. The fourth-order valence-corrected chi connectivity index (χ4v) is 5.16.